The SMILES string of the molecule is C1C2CC3CC1CC(C2)C31N=NC2(N1)C1CC3CC(C1)CC2C3. The Morgan fingerprint density at radius 3 is 1.09 bits per heavy atom. The molecule has 0 aromatic rings. The van der Waals surface area contributed by atoms with E-state index < -0.39 is 0 Å². The van der Waals surface area contributed by atoms with E-state index in [1.807, 2.05) is 0 Å². The van der Waals surface area contributed by atoms with Gasteiger partial charge in [0.25, 0.3) is 0 Å². The monoisotopic (exact) mass is 311 g/mol. The van der Waals surface area contributed by atoms with Gasteiger partial charge in [-0.05, 0) is 87.9 Å². The van der Waals surface area contributed by atoms with Gasteiger partial charge in [-0.15, -0.1) is 0 Å². The number of azo groups is 1. The quantitative estimate of drug-likeness (QED) is 0.709. The standard InChI is InChI=1S/C20H29N3/c1-11-3-15-5-12(1)6-16(4-11)19(15)21-20(23-22-19)17-7-13-2-14(9-17)10-18(20)8-13/h11-18,21H,1-10H2. The highest BCUT2D eigenvalue weighted by molar-refractivity contribution is 5.19. The second-order valence-corrected chi connectivity index (χ2v) is 10.6. The van der Waals surface area contributed by atoms with Crippen LogP contribution in [-0.2, 0) is 0 Å². The number of rotatable bonds is 0. The van der Waals surface area contributed by atoms with Crippen LogP contribution >= 0.6 is 0 Å². The molecule has 3 nitrogen and oxygen atoms in total. The van der Waals surface area contributed by atoms with Gasteiger partial charge in [0, 0.05) is 23.7 Å². The maximum absolute atomic E-state index is 5.18. The molecule has 3 heteroatoms. The van der Waals surface area contributed by atoms with E-state index in [4.69, 9.17) is 10.2 Å². The highest BCUT2D eigenvalue weighted by atomic mass is 15.5. The molecule has 0 radical (unpaired) electrons. The number of hydrogen-bond acceptors (Lipinski definition) is 3. The summed E-state index contributed by atoms with van der Waals surface area (Å²) in [7, 11) is 0. The lowest BCUT2D eigenvalue weighted by Gasteiger charge is -2.62. The van der Waals surface area contributed by atoms with Crippen LogP contribution in [0.2, 0.25) is 0 Å². The second-order valence-electron chi connectivity index (χ2n) is 10.6. The van der Waals surface area contributed by atoms with Gasteiger partial charge in [-0.25, -0.2) is 0 Å². The van der Waals surface area contributed by atoms with Crippen molar-refractivity contribution < 1.29 is 0 Å². The molecular formula is C20H29N3. The zero-order valence-corrected chi connectivity index (χ0v) is 14.1. The van der Waals surface area contributed by atoms with Crippen LogP contribution in [0, 0.1) is 47.3 Å². The van der Waals surface area contributed by atoms with Crippen molar-refractivity contribution in [1.82, 2.24) is 5.32 Å². The minimum absolute atomic E-state index is 0.0722. The molecule has 0 aromatic heterocycles. The summed E-state index contributed by atoms with van der Waals surface area (Å²) in [5.41, 5.74) is 0.144. The first kappa shape index (κ1) is 12.9. The fourth-order valence-corrected chi connectivity index (χ4v) is 9.08. The summed E-state index contributed by atoms with van der Waals surface area (Å²) in [4.78, 5) is 0. The van der Waals surface area contributed by atoms with Gasteiger partial charge in [0.15, 0.2) is 0 Å². The van der Waals surface area contributed by atoms with Crippen LogP contribution in [-0.4, -0.2) is 11.3 Å². The zero-order chi connectivity index (χ0) is 14.8. The molecule has 0 amide bonds. The van der Waals surface area contributed by atoms with E-state index in [-0.39, 0.29) is 11.3 Å². The molecule has 8 saturated carbocycles. The minimum atomic E-state index is 0.0722. The molecule has 8 aliphatic carbocycles. The Bertz CT molecular complexity index is 488. The third kappa shape index (κ3) is 1.41. The van der Waals surface area contributed by atoms with Crippen molar-refractivity contribution in [3.8, 4) is 0 Å². The van der Waals surface area contributed by atoms with E-state index in [0.29, 0.717) is 0 Å². The van der Waals surface area contributed by atoms with Gasteiger partial charge in [0.2, 0.25) is 0 Å². The second kappa shape index (κ2) is 3.86. The number of hydrogen-bond donors (Lipinski definition) is 1. The van der Waals surface area contributed by atoms with Gasteiger partial charge in [-0.3, -0.25) is 5.32 Å². The topological polar surface area (TPSA) is 36.8 Å². The third-order valence-electron chi connectivity index (χ3n) is 9.55. The molecule has 124 valence electrons. The van der Waals surface area contributed by atoms with Crippen LogP contribution < -0.4 is 5.32 Å². The van der Waals surface area contributed by atoms with Crippen LogP contribution in [0.1, 0.15) is 64.2 Å². The zero-order valence-electron chi connectivity index (χ0n) is 14.1. The Morgan fingerprint density at radius 2 is 0.783 bits per heavy atom. The molecule has 1 aliphatic heterocycles. The molecular weight excluding hydrogens is 282 g/mol. The summed E-state index contributed by atoms with van der Waals surface area (Å²) in [6, 6.07) is 0. The predicted molar refractivity (Wildman–Crippen MR) is 87.5 cm³/mol. The molecule has 8 fully saturated rings. The van der Waals surface area contributed by atoms with Gasteiger partial charge in [-0.2, -0.15) is 10.2 Å². The maximum Gasteiger partial charge on any atom is 0.139 e. The Hall–Kier alpha value is -0.440. The Morgan fingerprint density at radius 1 is 0.478 bits per heavy atom. The highest BCUT2D eigenvalue weighted by Gasteiger charge is 2.67. The van der Waals surface area contributed by atoms with Crippen molar-refractivity contribution in [2.24, 2.45) is 57.6 Å². The van der Waals surface area contributed by atoms with E-state index >= 15 is 0 Å². The van der Waals surface area contributed by atoms with E-state index in [2.05, 4.69) is 5.32 Å². The van der Waals surface area contributed by atoms with Crippen molar-refractivity contribution in [3.63, 3.8) is 0 Å². The van der Waals surface area contributed by atoms with Crippen molar-refractivity contribution in [2.75, 3.05) is 0 Å². The third-order valence-corrected chi connectivity index (χ3v) is 9.55. The van der Waals surface area contributed by atoms with E-state index in [9.17, 15) is 0 Å². The summed E-state index contributed by atoms with van der Waals surface area (Å²) in [5, 5.41) is 14.6. The lowest BCUT2D eigenvalue weighted by atomic mass is 9.49. The molecule has 23 heavy (non-hydrogen) atoms. The predicted octanol–water partition coefficient (Wildman–Crippen LogP) is 4.35. The van der Waals surface area contributed by atoms with Gasteiger partial charge in [0.05, 0.1) is 0 Å². The van der Waals surface area contributed by atoms with Gasteiger partial charge in [-0.1, -0.05) is 0 Å². The minimum Gasteiger partial charge on any atom is -0.265 e. The fraction of sp³-hybridized carbons (Fsp3) is 1.00. The van der Waals surface area contributed by atoms with Gasteiger partial charge < -0.3 is 0 Å². The first-order valence-corrected chi connectivity index (χ1v) is 10.5. The summed E-state index contributed by atoms with van der Waals surface area (Å²) in [5.74, 6) is 7.31. The molecule has 9 aliphatic rings. The molecule has 9 rings (SSSR count). The van der Waals surface area contributed by atoms with E-state index in [1.165, 1.54) is 64.2 Å². The molecule has 0 unspecified atom stereocenters. The van der Waals surface area contributed by atoms with Crippen LogP contribution in [0.3, 0.4) is 0 Å². The Balaban J connectivity index is 1.28. The molecule has 8 bridgehead atoms. The average molecular weight is 311 g/mol. The van der Waals surface area contributed by atoms with Crippen LogP contribution in [0.4, 0.5) is 0 Å². The van der Waals surface area contributed by atoms with E-state index in [0.717, 1.165) is 47.3 Å². The summed E-state index contributed by atoms with van der Waals surface area (Å²) in [6.07, 6.45) is 14.6. The van der Waals surface area contributed by atoms with Crippen molar-refractivity contribution >= 4 is 0 Å². The largest absolute Gasteiger partial charge is 0.265 e. The smallest absolute Gasteiger partial charge is 0.139 e. The lowest BCUT2D eigenvalue weighted by molar-refractivity contribution is -0.111. The van der Waals surface area contributed by atoms with Crippen LogP contribution in [0.15, 0.2) is 10.2 Å². The molecule has 0 aromatic carbocycles. The van der Waals surface area contributed by atoms with Crippen molar-refractivity contribution in [1.29, 1.82) is 0 Å². The summed E-state index contributed by atoms with van der Waals surface area (Å²) in [6.45, 7) is 0. The van der Waals surface area contributed by atoms with Crippen LogP contribution in [0.25, 0.3) is 0 Å². The number of nitrogens with one attached hydrogen (secondary N) is 1. The Labute approximate surface area is 139 Å². The fourth-order valence-electron chi connectivity index (χ4n) is 9.08. The molecule has 1 N–H and O–H groups in total. The van der Waals surface area contributed by atoms with Crippen LogP contribution in [0.5, 0.6) is 0 Å². The van der Waals surface area contributed by atoms with Crippen molar-refractivity contribution in [3.05, 3.63) is 0 Å². The van der Waals surface area contributed by atoms with Gasteiger partial charge >= 0.3 is 0 Å². The molecule has 0 atom stereocenters. The number of nitrogens with zero attached hydrogens (tertiary/aromatic N) is 2. The molecule has 2 spiro atoms. The average Bonchev–Trinajstić information content (AvgIpc) is 2.92. The molecule has 0 saturated heterocycles. The first-order chi connectivity index (χ1) is 11.2. The first-order valence-electron chi connectivity index (χ1n) is 10.5. The maximum atomic E-state index is 5.18. The summed E-state index contributed by atoms with van der Waals surface area (Å²) < 4.78 is 0. The molecule has 1 heterocycles. The lowest BCUT2D eigenvalue weighted by Crippen LogP contribution is -2.71. The van der Waals surface area contributed by atoms with Gasteiger partial charge in [0.1, 0.15) is 11.3 Å². The highest BCUT2D eigenvalue weighted by Crippen LogP contribution is 2.65. The summed E-state index contributed by atoms with van der Waals surface area (Å²) >= 11 is 0. The van der Waals surface area contributed by atoms with Crippen molar-refractivity contribution in [2.45, 2.75) is 75.5 Å². The van der Waals surface area contributed by atoms with E-state index in [1.54, 1.807) is 0 Å². The normalized spacial score (nSPS) is 67.1. The Kier molecular flexibility index (Phi) is 2.16.